The number of rotatable bonds is 5. The molecule has 0 bridgehead atoms. The van der Waals surface area contributed by atoms with E-state index in [0.717, 1.165) is 0 Å². The Morgan fingerprint density at radius 1 is 1.17 bits per heavy atom. The van der Waals surface area contributed by atoms with Crippen LogP contribution in [0.15, 0.2) is 47.4 Å². The van der Waals surface area contributed by atoms with Gasteiger partial charge in [-0.15, -0.1) is 0 Å². The fourth-order valence-corrected chi connectivity index (χ4v) is 1.96. The summed E-state index contributed by atoms with van der Waals surface area (Å²) in [5, 5.41) is 2.58. The molecule has 6 nitrogen and oxygen atoms in total. The molecule has 0 unspecified atom stereocenters. The van der Waals surface area contributed by atoms with Crippen molar-refractivity contribution < 1.29 is 14.3 Å². The van der Waals surface area contributed by atoms with Crippen molar-refractivity contribution >= 4 is 5.91 Å². The Morgan fingerprint density at radius 2 is 1.92 bits per heavy atom. The zero-order valence-electron chi connectivity index (χ0n) is 13.5. The summed E-state index contributed by atoms with van der Waals surface area (Å²) in [5.41, 5.74) is -0.255. The molecule has 24 heavy (non-hydrogen) atoms. The number of ether oxygens (including phenoxy) is 2. The van der Waals surface area contributed by atoms with Gasteiger partial charge in [0.2, 0.25) is 0 Å². The molecule has 0 saturated heterocycles. The van der Waals surface area contributed by atoms with Crippen molar-refractivity contribution in [2.75, 3.05) is 20.3 Å². The number of carbonyl (C=O) groups is 1. The lowest BCUT2D eigenvalue weighted by Crippen LogP contribution is -2.32. The first kappa shape index (κ1) is 17.2. The predicted octanol–water partition coefficient (Wildman–Crippen LogP) is 1.21. The van der Waals surface area contributed by atoms with Crippen LogP contribution in [0, 0.1) is 11.8 Å². The fourth-order valence-electron chi connectivity index (χ4n) is 1.96. The summed E-state index contributed by atoms with van der Waals surface area (Å²) in [4.78, 5) is 23.7. The second kappa shape index (κ2) is 8.44. The van der Waals surface area contributed by atoms with E-state index in [0.29, 0.717) is 11.5 Å². The number of amides is 1. The number of carbonyl (C=O) groups excluding carboxylic acids is 1. The van der Waals surface area contributed by atoms with Crippen LogP contribution in [-0.4, -0.2) is 30.7 Å². The Kier molecular flexibility index (Phi) is 6.03. The van der Waals surface area contributed by atoms with E-state index in [-0.39, 0.29) is 24.3 Å². The average molecular weight is 326 g/mol. The highest BCUT2D eigenvalue weighted by Crippen LogP contribution is 2.25. The van der Waals surface area contributed by atoms with Crippen molar-refractivity contribution in [2.24, 2.45) is 7.05 Å². The Balaban J connectivity index is 1.83. The minimum Gasteiger partial charge on any atom is -0.493 e. The minimum atomic E-state index is -0.448. The van der Waals surface area contributed by atoms with Crippen LogP contribution in [0.25, 0.3) is 0 Å². The van der Waals surface area contributed by atoms with Gasteiger partial charge in [0, 0.05) is 13.2 Å². The second-order valence-electron chi connectivity index (χ2n) is 4.81. The molecule has 0 spiro atoms. The summed E-state index contributed by atoms with van der Waals surface area (Å²) < 4.78 is 12.0. The van der Waals surface area contributed by atoms with Crippen LogP contribution in [0.2, 0.25) is 0 Å². The number of pyridine rings is 1. The topological polar surface area (TPSA) is 69.6 Å². The summed E-state index contributed by atoms with van der Waals surface area (Å²) in [6.07, 6.45) is 1.59. The highest BCUT2D eigenvalue weighted by atomic mass is 16.5. The standard InChI is InChI=1S/C18H18N2O4/c1-20-12-7-8-14(18(20)22)17(21)19-11-5-6-13-24-16-10-4-3-9-15(16)23-2/h3-4,7-10,12H,11,13H2,1-2H3,(H,19,21). The van der Waals surface area contributed by atoms with Crippen LogP contribution < -0.4 is 20.3 Å². The SMILES string of the molecule is COc1ccccc1OCC#CCNC(=O)c1cccn(C)c1=O. The molecule has 1 amide bonds. The number of methoxy groups -OCH3 is 1. The Morgan fingerprint density at radius 3 is 2.67 bits per heavy atom. The monoisotopic (exact) mass is 326 g/mol. The van der Waals surface area contributed by atoms with E-state index >= 15 is 0 Å². The predicted molar refractivity (Wildman–Crippen MR) is 90.3 cm³/mol. The molecule has 1 aromatic heterocycles. The number of para-hydroxylation sites is 2. The highest BCUT2D eigenvalue weighted by molar-refractivity contribution is 5.93. The van der Waals surface area contributed by atoms with E-state index in [1.54, 1.807) is 38.6 Å². The number of benzene rings is 1. The van der Waals surface area contributed by atoms with E-state index in [9.17, 15) is 9.59 Å². The number of hydrogen-bond acceptors (Lipinski definition) is 4. The van der Waals surface area contributed by atoms with Crippen molar-refractivity contribution in [3.05, 3.63) is 58.5 Å². The number of hydrogen-bond donors (Lipinski definition) is 1. The quantitative estimate of drug-likeness (QED) is 0.839. The maximum Gasteiger partial charge on any atom is 0.263 e. The molecule has 0 aliphatic heterocycles. The summed E-state index contributed by atoms with van der Waals surface area (Å²) >= 11 is 0. The van der Waals surface area contributed by atoms with Gasteiger partial charge in [-0.2, -0.15) is 0 Å². The molecule has 2 rings (SSSR count). The minimum absolute atomic E-state index is 0.0899. The van der Waals surface area contributed by atoms with Gasteiger partial charge in [0.1, 0.15) is 12.2 Å². The molecule has 0 aliphatic carbocycles. The Labute approximate surface area is 140 Å². The molecule has 1 heterocycles. The zero-order chi connectivity index (χ0) is 17.4. The van der Waals surface area contributed by atoms with Gasteiger partial charge < -0.3 is 19.4 Å². The molecular weight excluding hydrogens is 308 g/mol. The molecule has 0 saturated carbocycles. The van der Waals surface area contributed by atoms with Gasteiger partial charge in [-0.3, -0.25) is 9.59 Å². The van der Waals surface area contributed by atoms with E-state index in [1.807, 2.05) is 12.1 Å². The molecule has 2 aromatic rings. The van der Waals surface area contributed by atoms with Crippen molar-refractivity contribution in [3.63, 3.8) is 0 Å². The number of nitrogens with one attached hydrogen (secondary N) is 1. The first-order valence-corrected chi connectivity index (χ1v) is 7.29. The van der Waals surface area contributed by atoms with Gasteiger partial charge in [0.05, 0.1) is 13.7 Å². The zero-order valence-corrected chi connectivity index (χ0v) is 13.5. The van der Waals surface area contributed by atoms with Gasteiger partial charge in [-0.25, -0.2) is 0 Å². The molecule has 0 aliphatic rings. The van der Waals surface area contributed by atoms with Crippen molar-refractivity contribution in [3.8, 4) is 23.3 Å². The van der Waals surface area contributed by atoms with Gasteiger partial charge in [-0.05, 0) is 24.3 Å². The van der Waals surface area contributed by atoms with E-state index in [1.165, 1.54) is 10.6 Å². The van der Waals surface area contributed by atoms with Gasteiger partial charge >= 0.3 is 0 Å². The van der Waals surface area contributed by atoms with Crippen molar-refractivity contribution in [1.29, 1.82) is 0 Å². The van der Waals surface area contributed by atoms with Crippen LogP contribution >= 0.6 is 0 Å². The summed E-state index contributed by atoms with van der Waals surface area (Å²) in [6, 6.07) is 10.4. The van der Waals surface area contributed by atoms with E-state index in [2.05, 4.69) is 17.2 Å². The molecular formula is C18H18N2O4. The van der Waals surface area contributed by atoms with E-state index < -0.39 is 5.91 Å². The second-order valence-corrected chi connectivity index (χ2v) is 4.81. The smallest absolute Gasteiger partial charge is 0.263 e. The Hall–Kier alpha value is -3.20. The van der Waals surface area contributed by atoms with Gasteiger partial charge in [0.15, 0.2) is 11.5 Å². The summed E-state index contributed by atoms with van der Waals surface area (Å²) in [6.45, 7) is 0.301. The first-order valence-electron chi connectivity index (χ1n) is 7.29. The fraction of sp³-hybridized carbons (Fsp3) is 0.222. The maximum atomic E-state index is 11.9. The third kappa shape index (κ3) is 4.40. The van der Waals surface area contributed by atoms with Crippen molar-refractivity contribution in [2.45, 2.75) is 0 Å². The first-order chi connectivity index (χ1) is 11.6. The van der Waals surface area contributed by atoms with Crippen LogP contribution in [0.5, 0.6) is 11.5 Å². The third-order valence-electron chi connectivity index (χ3n) is 3.20. The highest BCUT2D eigenvalue weighted by Gasteiger charge is 2.09. The lowest BCUT2D eigenvalue weighted by atomic mass is 10.2. The summed E-state index contributed by atoms with van der Waals surface area (Å²) in [7, 11) is 3.16. The molecule has 1 aromatic carbocycles. The molecule has 0 atom stereocenters. The van der Waals surface area contributed by atoms with Crippen LogP contribution in [-0.2, 0) is 7.05 Å². The van der Waals surface area contributed by atoms with Gasteiger partial charge in [-0.1, -0.05) is 24.0 Å². The van der Waals surface area contributed by atoms with Gasteiger partial charge in [0.25, 0.3) is 11.5 Å². The van der Waals surface area contributed by atoms with Crippen LogP contribution in [0.4, 0.5) is 0 Å². The molecule has 6 heteroatoms. The lowest BCUT2D eigenvalue weighted by molar-refractivity contribution is 0.0956. The maximum absolute atomic E-state index is 11.9. The molecule has 1 N–H and O–H groups in total. The normalized spacial score (nSPS) is 9.58. The largest absolute Gasteiger partial charge is 0.493 e. The van der Waals surface area contributed by atoms with Crippen LogP contribution in [0.1, 0.15) is 10.4 Å². The summed E-state index contributed by atoms with van der Waals surface area (Å²) in [5.74, 6) is 6.35. The average Bonchev–Trinajstić information content (AvgIpc) is 2.60. The lowest BCUT2D eigenvalue weighted by Gasteiger charge is -2.07. The Bertz CT molecular complexity index is 831. The van der Waals surface area contributed by atoms with Crippen molar-refractivity contribution in [1.82, 2.24) is 9.88 Å². The number of nitrogens with zero attached hydrogens (tertiary/aromatic N) is 1. The third-order valence-corrected chi connectivity index (χ3v) is 3.20. The molecule has 0 fully saturated rings. The van der Waals surface area contributed by atoms with Crippen LogP contribution in [0.3, 0.4) is 0 Å². The number of aryl methyl sites for hydroxylation is 1. The number of aromatic nitrogens is 1. The molecule has 124 valence electrons. The van der Waals surface area contributed by atoms with E-state index in [4.69, 9.17) is 9.47 Å². The molecule has 0 radical (unpaired) electrons.